The van der Waals surface area contributed by atoms with Crippen molar-refractivity contribution in [3.05, 3.63) is 106 Å². The van der Waals surface area contributed by atoms with Crippen molar-refractivity contribution in [2.24, 2.45) is 10.2 Å². The second-order valence-electron chi connectivity index (χ2n) is 7.71. The highest BCUT2D eigenvalue weighted by Gasteiger charge is 2.15. The normalized spacial score (nSPS) is 11.0. The maximum Gasteiger partial charge on any atom is 0.266 e. The Labute approximate surface area is 215 Å². The highest BCUT2D eigenvalue weighted by atomic mass is 35.5. The number of nitrogens with zero attached hydrogens (tertiary/aromatic N) is 4. The van der Waals surface area contributed by atoms with Gasteiger partial charge in [-0.2, -0.15) is 5.26 Å². The lowest BCUT2D eigenvalue weighted by atomic mass is 9.99. The van der Waals surface area contributed by atoms with E-state index in [0.29, 0.717) is 37.8 Å². The molecule has 9 heteroatoms. The van der Waals surface area contributed by atoms with E-state index < -0.39 is 5.56 Å². The molecule has 5 rings (SSSR count). The minimum absolute atomic E-state index is 0.0773. The molecule has 174 valence electrons. The molecular formula is C27H17ClN6OS. The number of nitrogens with one attached hydrogen (secondary N) is 1. The van der Waals surface area contributed by atoms with Crippen LogP contribution in [0.2, 0.25) is 5.02 Å². The van der Waals surface area contributed by atoms with Crippen LogP contribution in [-0.4, -0.2) is 9.97 Å². The second kappa shape index (κ2) is 9.96. The molecule has 0 aliphatic carbocycles. The summed E-state index contributed by atoms with van der Waals surface area (Å²) in [4.78, 5) is 19.8. The molecule has 0 aliphatic heterocycles. The summed E-state index contributed by atoms with van der Waals surface area (Å²) < 4.78 is 0. The van der Waals surface area contributed by atoms with Crippen molar-refractivity contribution in [3.63, 3.8) is 0 Å². The summed E-state index contributed by atoms with van der Waals surface area (Å²) >= 11 is 7.54. The fraction of sp³-hybridized carbons (Fsp3) is 0. The fourth-order valence-electron chi connectivity index (χ4n) is 3.71. The van der Waals surface area contributed by atoms with Crippen molar-refractivity contribution in [2.45, 2.75) is 0 Å². The number of nitrogens with two attached hydrogens (primary N) is 1. The van der Waals surface area contributed by atoms with Crippen LogP contribution in [0.3, 0.4) is 0 Å². The molecule has 2 heterocycles. The van der Waals surface area contributed by atoms with Gasteiger partial charge in [0, 0.05) is 16.8 Å². The molecule has 3 N–H and O–H groups in total. The predicted octanol–water partition coefficient (Wildman–Crippen LogP) is 7.36. The summed E-state index contributed by atoms with van der Waals surface area (Å²) in [5, 5.41) is 19.7. The Bertz CT molecular complexity index is 1680. The van der Waals surface area contributed by atoms with Crippen molar-refractivity contribution in [2.75, 3.05) is 5.73 Å². The van der Waals surface area contributed by atoms with Crippen molar-refractivity contribution in [1.82, 2.24) is 9.97 Å². The number of halogens is 1. The van der Waals surface area contributed by atoms with E-state index in [0.717, 1.165) is 16.7 Å². The molecule has 36 heavy (non-hydrogen) atoms. The van der Waals surface area contributed by atoms with E-state index in [9.17, 15) is 10.1 Å². The van der Waals surface area contributed by atoms with Crippen molar-refractivity contribution in [1.29, 1.82) is 5.26 Å². The molecule has 0 fully saturated rings. The predicted molar refractivity (Wildman–Crippen MR) is 144 cm³/mol. The SMILES string of the molecule is N#Cc1c(-c2ccccc2)cc(-c2ccc(N=Nc3sc(N)nc3-c3ccccc3Cl)cc2)[nH]c1=O. The molecule has 5 aromatic rings. The van der Waals surface area contributed by atoms with Gasteiger partial charge in [0.25, 0.3) is 5.56 Å². The van der Waals surface area contributed by atoms with Crippen LogP contribution in [0.4, 0.5) is 15.8 Å². The number of pyridine rings is 1. The number of aromatic nitrogens is 2. The van der Waals surface area contributed by atoms with Crippen LogP contribution in [0.1, 0.15) is 5.56 Å². The summed E-state index contributed by atoms with van der Waals surface area (Å²) in [6, 6.07) is 27.8. The van der Waals surface area contributed by atoms with E-state index in [2.05, 4.69) is 20.2 Å². The van der Waals surface area contributed by atoms with Gasteiger partial charge in [-0.05, 0) is 35.4 Å². The molecule has 2 aromatic heterocycles. The van der Waals surface area contributed by atoms with E-state index >= 15 is 0 Å². The standard InChI is InChI=1S/C27H17ClN6OS/c28-22-9-5-4-8-19(22)24-26(36-27(30)32-24)34-33-18-12-10-17(11-13-18)23-14-20(16-6-2-1-3-7-16)21(15-29)25(35)31-23/h1-14H,(H2,30,32)(H,31,35). The van der Waals surface area contributed by atoms with Crippen LogP contribution in [0.25, 0.3) is 33.6 Å². The zero-order valence-electron chi connectivity index (χ0n) is 18.6. The lowest BCUT2D eigenvalue weighted by Crippen LogP contribution is -2.12. The maximum absolute atomic E-state index is 12.6. The number of nitrogen functional groups attached to an aromatic ring is 1. The van der Waals surface area contributed by atoms with Gasteiger partial charge >= 0.3 is 0 Å². The maximum atomic E-state index is 12.6. The molecule has 0 saturated carbocycles. The number of benzene rings is 3. The number of aromatic amines is 1. The first kappa shape index (κ1) is 23.2. The quantitative estimate of drug-likeness (QED) is 0.241. The van der Waals surface area contributed by atoms with Gasteiger partial charge in [-0.3, -0.25) is 4.79 Å². The number of hydrogen-bond acceptors (Lipinski definition) is 7. The first-order chi connectivity index (χ1) is 17.5. The number of azo groups is 1. The number of H-pyrrole nitrogens is 1. The first-order valence-corrected chi connectivity index (χ1v) is 12.0. The molecule has 3 aromatic carbocycles. The van der Waals surface area contributed by atoms with E-state index in [1.165, 1.54) is 11.3 Å². The third-order valence-corrected chi connectivity index (χ3v) is 6.52. The number of thiazole rings is 1. The van der Waals surface area contributed by atoms with E-state index in [4.69, 9.17) is 17.3 Å². The summed E-state index contributed by atoms with van der Waals surface area (Å²) in [5.41, 5.74) is 10.2. The second-order valence-corrected chi connectivity index (χ2v) is 9.13. The minimum atomic E-state index is -0.437. The van der Waals surface area contributed by atoms with Gasteiger partial charge in [0.05, 0.1) is 10.7 Å². The minimum Gasteiger partial charge on any atom is -0.375 e. The van der Waals surface area contributed by atoms with Crippen molar-refractivity contribution in [3.8, 4) is 39.7 Å². The summed E-state index contributed by atoms with van der Waals surface area (Å²) in [6.45, 7) is 0. The number of nitriles is 1. The molecule has 0 saturated heterocycles. The summed E-state index contributed by atoms with van der Waals surface area (Å²) in [6.07, 6.45) is 0. The molecule has 0 radical (unpaired) electrons. The molecule has 0 spiro atoms. The summed E-state index contributed by atoms with van der Waals surface area (Å²) in [5.74, 6) is 0. The number of anilines is 1. The Hall–Kier alpha value is -4.58. The Morgan fingerprint density at radius 3 is 2.36 bits per heavy atom. The zero-order chi connectivity index (χ0) is 25.1. The van der Waals surface area contributed by atoms with Crippen LogP contribution >= 0.6 is 22.9 Å². The monoisotopic (exact) mass is 508 g/mol. The summed E-state index contributed by atoms with van der Waals surface area (Å²) in [7, 11) is 0. The van der Waals surface area contributed by atoms with Gasteiger partial charge in [-0.1, -0.05) is 83.6 Å². The van der Waals surface area contributed by atoms with Crippen LogP contribution in [0.15, 0.2) is 100.0 Å². The van der Waals surface area contributed by atoms with Crippen LogP contribution < -0.4 is 11.3 Å². The topological polar surface area (TPSA) is 120 Å². The molecule has 0 unspecified atom stereocenters. The Morgan fingerprint density at radius 2 is 1.64 bits per heavy atom. The largest absolute Gasteiger partial charge is 0.375 e. The van der Waals surface area contributed by atoms with Crippen LogP contribution in [0, 0.1) is 11.3 Å². The average molecular weight is 509 g/mol. The van der Waals surface area contributed by atoms with Gasteiger partial charge in [-0.15, -0.1) is 10.2 Å². The third-order valence-electron chi connectivity index (χ3n) is 5.42. The third kappa shape index (κ3) is 4.66. The van der Waals surface area contributed by atoms with E-state index in [1.807, 2.05) is 72.8 Å². The molecule has 7 nitrogen and oxygen atoms in total. The molecule has 0 amide bonds. The van der Waals surface area contributed by atoms with E-state index in [-0.39, 0.29) is 5.56 Å². The smallest absolute Gasteiger partial charge is 0.266 e. The zero-order valence-corrected chi connectivity index (χ0v) is 20.2. The van der Waals surface area contributed by atoms with Gasteiger partial charge in [0.15, 0.2) is 10.1 Å². The van der Waals surface area contributed by atoms with E-state index in [1.54, 1.807) is 18.2 Å². The fourth-order valence-corrected chi connectivity index (χ4v) is 4.60. The molecule has 0 atom stereocenters. The highest BCUT2D eigenvalue weighted by Crippen LogP contribution is 2.40. The Balaban J connectivity index is 1.46. The first-order valence-electron chi connectivity index (χ1n) is 10.8. The molecule has 0 aliphatic rings. The highest BCUT2D eigenvalue weighted by molar-refractivity contribution is 7.19. The molecular weight excluding hydrogens is 492 g/mol. The van der Waals surface area contributed by atoms with Gasteiger partial charge in [-0.25, -0.2) is 4.98 Å². The van der Waals surface area contributed by atoms with Gasteiger partial charge < -0.3 is 10.7 Å². The lowest BCUT2D eigenvalue weighted by molar-refractivity contribution is 1.21. The van der Waals surface area contributed by atoms with Gasteiger partial charge in [0.1, 0.15) is 17.3 Å². The van der Waals surface area contributed by atoms with Crippen LogP contribution in [-0.2, 0) is 0 Å². The van der Waals surface area contributed by atoms with Crippen LogP contribution in [0.5, 0.6) is 0 Å². The van der Waals surface area contributed by atoms with Crippen molar-refractivity contribution < 1.29 is 0 Å². The Morgan fingerprint density at radius 1 is 0.917 bits per heavy atom. The Kier molecular flexibility index (Phi) is 6.41. The van der Waals surface area contributed by atoms with Crippen molar-refractivity contribution >= 4 is 38.8 Å². The van der Waals surface area contributed by atoms with Gasteiger partial charge in [0.2, 0.25) is 0 Å². The average Bonchev–Trinajstić information content (AvgIpc) is 3.28. The number of rotatable bonds is 5. The molecule has 0 bridgehead atoms. The number of hydrogen-bond donors (Lipinski definition) is 2. The lowest BCUT2D eigenvalue weighted by Gasteiger charge is -2.08.